The third kappa shape index (κ3) is 9.14. The standard InChI is InChI=1S/C21H15BO15S3.C6H3N3/c23-19(24)13-7-1-4-10-16(13)38(29,30)35-22(36-39(31,32)17-11-5-2-8-14(17)20(25)26)37-40(33,34)18-12-6-3-9-15(18)21(27)28;1-7-5-3-4-9-6(5)8-2/h1-12H,(H,23,24)(H,25,26)(H,27,28);3-4,9H/p-3. The summed E-state index contributed by atoms with van der Waals surface area (Å²) in [6, 6.07) is 12.3. The highest BCUT2D eigenvalue weighted by Crippen LogP contribution is 2.26. The van der Waals surface area contributed by atoms with Crippen LogP contribution >= 0.6 is 0 Å². The van der Waals surface area contributed by atoms with E-state index in [1.165, 1.54) is 0 Å². The Labute approximate surface area is 277 Å². The molecule has 0 aliphatic heterocycles. The van der Waals surface area contributed by atoms with Gasteiger partial charge in [-0.25, -0.2) is 4.85 Å². The minimum Gasteiger partial charge on any atom is -0.545 e. The van der Waals surface area contributed by atoms with E-state index in [9.17, 15) is 55.0 Å². The van der Waals surface area contributed by atoms with E-state index in [-0.39, 0.29) is 0 Å². The number of H-pyrrole nitrogens is 1. The Bertz CT molecular complexity index is 2100. The van der Waals surface area contributed by atoms with Crippen LogP contribution in [0.4, 0.5) is 11.5 Å². The summed E-state index contributed by atoms with van der Waals surface area (Å²) in [6.45, 7) is 13.1. The second-order valence-electron chi connectivity index (χ2n) is 8.73. The molecule has 0 saturated carbocycles. The van der Waals surface area contributed by atoms with Gasteiger partial charge in [-0.2, -0.15) is 25.3 Å². The quantitative estimate of drug-likeness (QED) is 0.141. The molecule has 0 spiro atoms. The molecule has 0 unspecified atom stereocenters. The lowest BCUT2D eigenvalue weighted by molar-refractivity contribution is -0.256. The van der Waals surface area contributed by atoms with Crippen molar-refractivity contribution in [1.82, 2.24) is 4.98 Å². The van der Waals surface area contributed by atoms with Gasteiger partial charge in [0.25, 0.3) is 30.4 Å². The molecule has 252 valence electrons. The number of aromatic amines is 1. The van der Waals surface area contributed by atoms with Crippen LogP contribution in [0.5, 0.6) is 0 Å². The Balaban J connectivity index is 0.000000624. The van der Waals surface area contributed by atoms with E-state index in [2.05, 4.69) is 27.0 Å². The van der Waals surface area contributed by atoms with E-state index in [4.69, 9.17) is 13.1 Å². The van der Waals surface area contributed by atoms with Gasteiger partial charge >= 0.3 is 7.32 Å². The maximum absolute atomic E-state index is 12.9. The van der Waals surface area contributed by atoms with Crippen LogP contribution in [0.25, 0.3) is 9.69 Å². The minimum atomic E-state index is -5.45. The molecule has 1 aromatic heterocycles. The van der Waals surface area contributed by atoms with Gasteiger partial charge in [-0.15, -0.1) is 0 Å². The summed E-state index contributed by atoms with van der Waals surface area (Å²) in [7, 11) is -19.7. The van der Waals surface area contributed by atoms with E-state index in [1.54, 1.807) is 12.3 Å². The van der Waals surface area contributed by atoms with Crippen molar-refractivity contribution in [3.8, 4) is 0 Å². The highest BCUT2D eigenvalue weighted by molar-refractivity contribution is 7.90. The molecule has 0 fully saturated rings. The number of carboxylic acids is 3. The molecule has 4 rings (SSSR count). The van der Waals surface area contributed by atoms with E-state index >= 15 is 0 Å². The zero-order valence-corrected chi connectivity index (χ0v) is 26.4. The van der Waals surface area contributed by atoms with Crippen LogP contribution in [0.2, 0.25) is 0 Å². The first-order chi connectivity index (χ1) is 22.9. The van der Waals surface area contributed by atoms with Crippen LogP contribution in [-0.4, -0.2) is 55.5 Å². The number of nitrogens with one attached hydrogen (secondary N) is 1. The lowest BCUT2D eigenvalue weighted by Gasteiger charge is -2.18. The summed E-state index contributed by atoms with van der Waals surface area (Å²) < 4.78 is 90.8. The Kier molecular flexibility index (Phi) is 11.8. The average Bonchev–Trinajstić information content (AvgIpc) is 3.52. The maximum Gasteiger partial charge on any atom is 0.685 e. The maximum atomic E-state index is 12.9. The fourth-order valence-electron chi connectivity index (χ4n) is 3.61. The number of hydrogen-bond acceptors (Lipinski definition) is 15. The number of rotatable bonds is 12. The van der Waals surface area contributed by atoms with E-state index in [1.807, 2.05) is 0 Å². The van der Waals surface area contributed by atoms with E-state index < -0.39 is 87.0 Å². The average molecular weight is 728 g/mol. The molecule has 18 nitrogen and oxygen atoms in total. The Hall–Kier alpha value is -5.88. The van der Waals surface area contributed by atoms with E-state index in [0.29, 0.717) is 29.7 Å². The predicted octanol–water partition coefficient (Wildman–Crippen LogP) is -0.605. The summed E-state index contributed by atoms with van der Waals surface area (Å²) >= 11 is 0. The Morgan fingerprint density at radius 1 is 0.571 bits per heavy atom. The minimum absolute atomic E-state index is 0.324. The van der Waals surface area contributed by atoms with Crippen molar-refractivity contribution in [3.05, 3.63) is 125 Å². The van der Waals surface area contributed by atoms with Gasteiger partial charge in [0.15, 0.2) is 0 Å². The number of aromatic nitrogens is 1. The molecule has 0 atom stereocenters. The van der Waals surface area contributed by atoms with Gasteiger partial charge in [-0.1, -0.05) is 61.2 Å². The third-order valence-corrected chi connectivity index (χ3v) is 9.60. The van der Waals surface area contributed by atoms with Crippen LogP contribution in [-0.2, 0) is 42.7 Å². The summed E-state index contributed by atoms with van der Waals surface area (Å²) in [5.41, 5.74) is -2.57. The van der Waals surface area contributed by atoms with Gasteiger partial charge in [0.2, 0.25) is 11.5 Å². The monoisotopic (exact) mass is 728 g/mol. The van der Waals surface area contributed by atoms with Crippen molar-refractivity contribution >= 4 is 67.1 Å². The molecule has 0 saturated heterocycles. The lowest BCUT2D eigenvalue weighted by atomic mass is 10.2. The number of carbonyl (C=O) groups excluding carboxylic acids is 3. The summed E-state index contributed by atoms with van der Waals surface area (Å²) in [5.74, 6) is -5.74. The van der Waals surface area contributed by atoms with Crippen molar-refractivity contribution in [2.45, 2.75) is 14.7 Å². The summed E-state index contributed by atoms with van der Waals surface area (Å²) in [6.07, 6.45) is 1.58. The van der Waals surface area contributed by atoms with Crippen molar-refractivity contribution < 1.29 is 67.3 Å². The fourth-order valence-corrected chi connectivity index (χ4v) is 6.92. The molecule has 1 N–H and O–H groups in total. The number of benzene rings is 3. The number of carbonyl (C=O) groups is 3. The fraction of sp³-hybridized carbons (Fsp3) is 0. The molecular weight excluding hydrogens is 713 g/mol. The first kappa shape index (κ1) is 37.6. The van der Waals surface area contributed by atoms with Crippen molar-refractivity contribution in [2.24, 2.45) is 0 Å². The second-order valence-corrected chi connectivity index (χ2v) is 13.3. The number of carboxylic acid groups (broad SMARTS) is 3. The molecule has 0 aliphatic carbocycles. The highest BCUT2D eigenvalue weighted by Gasteiger charge is 2.42. The molecule has 1 heterocycles. The highest BCUT2D eigenvalue weighted by atomic mass is 32.2. The van der Waals surface area contributed by atoms with Crippen molar-refractivity contribution in [2.75, 3.05) is 0 Å². The first-order valence-corrected chi connectivity index (χ1v) is 16.8. The molecule has 0 radical (unpaired) electrons. The molecule has 3 aromatic carbocycles. The molecular formula is C27H15BN3O15S3-3. The van der Waals surface area contributed by atoms with Crippen LogP contribution < -0.4 is 15.3 Å². The molecule has 0 amide bonds. The summed E-state index contributed by atoms with van der Waals surface area (Å²) in [4.78, 5) is 39.5. The first-order valence-electron chi connectivity index (χ1n) is 12.6. The molecule has 0 aliphatic rings. The molecule has 22 heteroatoms. The van der Waals surface area contributed by atoms with Crippen LogP contribution in [0.15, 0.2) is 99.7 Å². The van der Waals surface area contributed by atoms with Gasteiger partial charge in [0.1, 0.15) is 14.7 Å². The van der Waals surface area contributed by atoms with Gasteiger partial charge < -0.3 is 39.5 Å². The Morgan fingerprint density at radius 2 is 0.898 bits per heavy atom. The van der Waals surface area contributed by atoms with E-state index in [0.717, 1.165) is 54.6 Å². The van der Waals surface area contributed by atoms with Gasteiger partial charge in [0, 0.05) is 16.7 Å². The molecule has 4 aromatic rings. The zero-order valence-electron chi connectivity index (χ0n) is 23.9. The van der Waals surface area contributed by atoms with Crippen LogP contribution in [0.1, 0.15) is 31.1 Å². The van der Waals surface area contributed by atoms with Gasteiger partial charge in [0.05, 0.1) is 30.7 Å². The molecule has 0 bridgehead atoms. The SMILES string of the molecule is O=C([O-])c1ccccc1S(=O)(=O)OB(OS(=O)(=O)c1ccccc1C(=O)[O-])OS(=O)(=O)c1ccccc1C(=O)[O-].[C-]#[N+]c1cc[nH]c1[N+]#[C-]. The largest absolute Gasteiger partial charge is 0.685 e. The summed E-state index contributed by atoms with van der Waals surface area (Å²) in [5, 5.41) is 34.1. The zero-order chi connectivity index (χ0) is 36.6. The predicted molar refractivity (Wildman–Crippen MR) is 156 cm³/mol. The molecule has 49 heavy (non-hydrogen) atoms. The number of hydrogen-bond donors (Lipinski definition) is 1. The van der Waals surface area contributed by atoms with Crippen molar-refractivity contribution in [1.29, 1.82) is 0 Å². The number of nitrogens with zero attached hydrogens (tertiary/aromatic N) is 2. The topological polar surface area (TPSA) is 275 Å². The normalized spacial score (nSPS) is 11.2. The van der Waals surface area contributed by atoms with Crippen LogP contribution in [0.3, 0.4) is 0 Å². The smallest absolute Gasteiger partial charge is 0.545 e. The van der Waals surface area contributed by atoms with Crippen LogP contribution in [0, 0.1) is 13.1 Å². The lowest BCUT2D eigenvalue weighted by Crippen LogP contribution is -2.37. The number of aromatic carboxylic acids is 3. The van der Waals surface area contributed by atoms with Gasteiger partial charge in [-0.05, 0) is 24.3 Å². The third-order valence-electron chi connectivity index (χ3n) is 5.68. The van der Waals surface area contributed by atoms with Crippen molar-refractivity contribution in [3.63, 3.8) is 0 Å². The van der Waals surface area contributed by atoms with Gasteiger partial charge in [-0.3, -0.25) is 12.3 Å². The second kappa shape index (κ2) is 15.4. The Morgan fingerprint density at radius 3 is 1.16 bits per heavy atom.